The first-order chi connectivity index (χ1) is 13.8. The molecule has 0 bridgehead atoms. The lowest BCUT2D eigenvalue weighted by Crippen LogP contribution is -2.46. The van der Waals surface area contributed by atoms with E-state index in [0.29, 0.717) is 37.9 Å². The lowest BCUT2D eigenvalue weighted by molar-refractivity contribution is 0.0158. The highest BCUT2D eigenvalue weighted by Gasteiger charge is 2.24. The summed E-state index contributed by atoms with van der Waals surface area (Å²) in [6.07, 6.45) is 5.24. The van der Waals surface area contributed by atoms with Crippen molar-refractivity contribution in [2.75, 3.05) is 53.2 Å². The molecule has 3 heterocycles. The van der Waals surface area contributed by atoms with Gasteiger partial charge in [0.2, 0.25) is 5.89 Å². The van der Waals surface area contributed by atoms with Crippen LogP contribution in [0.2, 0.25) is 0 Å². The number of ether oxygens (including phenoxy) is 3. The molecule has 0 saturated carbocycles. The molecule has 28 heavy (non-hydrogen) atoms. The van der Waals surface area contributed by atoms with Crippen molar-refractivity contribution >= 4 is 6.03 Å². The Kier molecular flexibility index (Phi) is 8.50. The summed E-state index contributed by atoms with van der Waals surface area (Å²) in [7, 11) is 1.66. The van der Waals surface area contributed by atoms with Crippen LogP contribution in [0.3, 0.4) is 0 Å². The van der Waals surface area contributed by atoms with E-state index in [1.165, 1.54) is 0 Å². The fourth-order valence-electron chi connectivity index (χ4n) is 3.55. The Morgan fingerprint density at radius 1 is 1.21 bits per heavy atom. The van der Waals surface area contributed by atoms with Crippen LogP contribution in [0.1, 0.15) is 49.7 Å². The first-order valence-corrected chi connectivity index (χ1v) is 10.3. The zero-order valence-corrected chi connectivity index (χ0v) is 16.7. The van der Waals surface area contributed by atoms with Gasteiger partial charge in [0, 0.05) is 58.9 Å². The fraction of sp³-hybridized carbons (Fsp3) is 0.842. The normalized spacial score (nSPS) is 19.1. The number of carbonyl (C=O) groups excluding carboxylic acids is 1. The molecule has 0 radical (unpaired) electrons. The van der Waals surface area contributed by atoms with Crippen LogP contribution >= 0.6 is 0 Å². The second kappa shape index (κ2) is 11.3. The topological polar surface area (TPSA) is 99.0 Å². The van der Waals surface area contributed by atoms with Gasteiger partial charge in [-0.1, -0.05) is 5.16 Å². The Morgan fingerprint density at radius 2 is 2.00 bits per heavy atom. The number of carbonyl (C=O) groups is 1. The van der Waals surface area contributed by atoms with Gasteiger partial charge in [-0.15, -0.1) is 0 Å². The summed E-state index contributed by atoms with van der Waals surface area (Å²) >= 11 is 0. The lowest BCUT2D eigenvalue weighted by Gasteiger charge is -2.31. The van der Waals surface area contributed by atoms with Gasteiger partial charge < -0.3 is 29.0 Å². The molecule has 0 unspecified atom stereocenters. The highest BCUT2D eigenvalue weighted by Crippen LogP contribution is 2.25. The maximum absolute atomic E-state index is 12.1. The van der Waals surface area contributed by atoms with Gasteiger partial charge >= 0.3 is 6.03 Å². The third-order valence-corrected chi connectivity index (χ3v) is 5.26. The number of methoxy groups -OCH3 is 1. The molecule has 3 rings (SSSR count). The second-order valence-corrected chi connectivity index (χ2v) is 7.32. The molecule has 1 aromatic rings. The Bertz CT molecular complexity index is 583. The molecule has 2 amide bonds. The Labute approximate surface area is 166 Å². The van der Waals surface area contributed by atoms with E-state index < -0.39 is 0 Å². The lowest BCUT2D eigenvalue weighted by atomic mass is 10.0. The zero-order valence-electron chi connectivity index (χ0n) is 16.7. The SMILES string of the molecule is COCCCNC(=O)N1CCC(OCCc2noc(C3CCOCC3)n2)CC1. The van der Waals surface area contributed by atoms with Gasteiger partial charge in [-0.05, 0) is 32.1 Å². The van der Waals surface area contributed by atoms with Crippen molar-refractivity contribution in [3.8, 4) is 0 Å². The highest BCUT2D eigenvalue weighted by molar-refractivity contribution is 5.74. The van der Waals surface area contributed by atoms with Crippen molar-refractivity contribution in [1.29, 1.82) is 0 Å². The summed E-state index contributed by atoms with van der Waals surface area (Å²) in [6, 6.07) is 0.00184. The number of nitrogens with one attached hydrogen (secondary N) is 1. The summed E-state index contributed by atoms with van der Waals surface area (Å²) < 4.78 is 21.7. The smallest absolute Gasteiger partial charge is 0.317 e. The summed E-state index contributed by atoms with van der Waals surface area (Å²) in [5.74, 6) is 1.75. The van der Waals surface area contributed by atoms with Crippen LogP contribution in [-0.4, -0.2) is 80.3 Å². The number of amides is 2. The number of hydrogen-bond acceptors (Lipinski definition) is 7. The summed E-state index contributed by atoms with van der Waals surface area (Å²) in [5.41, 5.74) is 0. The minimum Gasteiger partial charge on any atom is -0.385 e. The van der Waals surface area contributed by atoms with Crippen LogP contribution in [0, 0.1) is 0 Å². The maximum atomic E-state index is 12.1. The van der Waals surface area contributed by atoms with Crippen LogP contribution in [0.15, 0.2) is 4.52 Å². The van der Waals surface area contributed by atoms with Gasteiger partial charge in [0.05, 0.1) is 12.7 Å². The minimum atomic E-state index is 0.00184. The van der Waals surface area contributed by atoms with Gasteiger partial charge in [-0.3, -0.25) is 0 Å². The largest absolute Gasteiger partial charge is 0.385 e. The van der Waals surface area contributed by atoms with Gasteiger partial charge in [0.25, 0.3) is 0 Å². The van der Waals surface area contributed by atoms with Crippen molar-refractivity contribution in [3.05, 3.63) is 11.7 Å². The van der Waals surface area contributed by atoms with E-state index in [1.807, 2.05) is 4.90 Å². The predicted molar refractivity (Wildman–Crippen MR) is 101 cm³/mol. The van der Waals surface area contributed by atoms with Crippen molar-refractivity contribution in [2.45, 2.75) is 50.5 Å². The van der Waals surface area contributed by atoms with Gasteiger partial charge in [-0.25, -0.2) is 4.79 Å². The van der Waals surface area contributed by atoms with Crippen LogP contribution in [-0.2, 0) is 20.6 Å². The summed E-state index contributed by atoms with van der Waals surface area (Å²) in [6.45, 7) is 4.83. The summed E-state index contributed by atoms with van der Waals surface area (Å²) in [5, 5.41) is 7.00. The molecule has 2 aliphatic rings. The maximum Gasteiger partial charge on any atom is 0.317 e. The molecule has 0 aliphatic carbocycles. The van der Waals surface area contributed by atoms with E-state index in [9.17, 15) is 4.79 Å². The molecule has 2 saturated heterocycles. The molecule has 9 heteroatoms. The quantitative estimate of drug-likeness (QED) is 0.635. The van der Waals surface area contributed by atoms with Gasteiger partial charge in [0.15, 0.2) is 5.82 Å². The predicted octanol–water partition coefficient (Wildman–Crippen LogP) is 1.73. The van der Waals surface area contributed by atoms with E-state index in [-0.39, 0.29) is 12.1 Å². The zero-order chi connectivity index (χ0) is 19.6. The van der Waals surface area contributed by atoms with Crippen LogP contribution in [0.5, 0.6) is 0 Å². The molecule has 9 nitrogen and oxygen atoms in total. The molecule has 2 aliphatic heterocycles. The average Bonchev–Trinajstić information content (AvgIpc) is 3.21. The number of nitrogens with zero attached hydrogens (tertiary/aromatic N) is 3. The van der Waals surface area contributed by atoms with Gasteiger partial charge in [0.1, 0.15) is 0 Å². The number of rotatable bonds is 9. The van der Waals surface area contributed by atoms with Crippen LogP contribution in [0.4, 0.5) is 4.79 Å². The molecule has 1 aromatic heterocycles. The number of hydrogen-bond donors (Lipinski definition) is 1. The minimum absolute atomic E-state index is 0.00184. The molecule has 158 valence electrons. The molecule has 1 N–H and O–H groups in total. The molecule has 0 spiro atoms. The average molecular weight is 396 g/mol. The second-order valence-electron chi connectivity index (χ2n) is 7.32. The molecule has 0 aromatic carbocycles. The van der Waals surface area contributed by atoms with Crippen molar-refractivity contribution in [2.24, 2.45) is 0 Å². The highest BCUT2D eigenvalue weighted by atomic mass is 16.5. The monoisotopic (exact) mass is 396 g/mol. The molecule has 0 atom stereocenters. The van der Waals surface area contributed by atoms with E-state index in [2.05, 4.69) is 15.5 Å². The fourth-order valence-corrected chi connectivity index (χ4v) is 3.55. The first-order valence-electron chi connectivity index (χ1n) is 10.3. The first kappa shape index (κ1) is 21.0. The van der Waals surface area contributed by atoms with Crippen molar-refractivity contribution < 1.29 is 23.5 Å². The van der Waals surface area contributed by atoms with E-state index in [4.69, 9.17) is 18.7 Å². The number of urea groups is 1. The number of likely N-dealkylation sites (tertiary alicyclic amines) is 1. The van der Waals surface area contributed by atoms with Crippen LogP contribution < -0.4 is 5.32 Å². The molecular weight excluding hydrogens is 364 g/mol. The van der Waals surface area contributed by atoms with E-state index in [1.54, 1.807) is 7.11 Å². The van der Waals surface area contributed by atoms with Crippen molar-refractivity contribution in [1.82, 2.24) is 20.4 Å². The molecule has 2 fully saturated rings. The molecular formula is C19H32N4O5. The van der Waals surface area contributed by atoms with Crippen molar-refractivity contribution in [3.63, 3.8) is 0 Å². The Morgan fingerprint density at radius 3 is 2.75 bits per heavy atom. The Balaban J connectivity index is 1.29. The summed E-state index contributed by atoms with van der Waals surface area (Å²) in [4.78, 5) is 18.5. The third-order valence-electron chi connectivity index (χ3n) is 5.26. The van der Waals surface area contributed by atoms with Crippen LogP contribution in [0.25, 0.3) is 0 Å². The third kappa shape index (κ3) is 6.42. The van der Waals surface area contributed by atoms with E-state index >= 15 is 0 Å². The number of piperidine rings is 1. The van der Waals surface area contributed by atoms with E-state index in [0.717, 1.165) is 64.3 Å². The number of aromatic nitrogens is 2. The Hall–Kier alpha value is -1.71. The standard InChI is InChI=1S/C19H32N4O5/c1-25-11-2-8-20-19(24)23-9-3-16(4-10-23)27-14-7-17-21-18(28-22-17)15-5-12-26-13-6-15/h15-16H,2-14H2,1H3,(H,20,24). The van der Waals surface area contributed by atoms with Gasteiger partial charge in [-0.2, -0.15) is 4.98 Å².